The number of hydrogen-bond donors (Lipinski definition) is 0. The summed E-state index contributed by atoms with van der Waals surface area (Å²) in [5.41, 5.74) is 2.89. The lowest BCUT2D eigenvalue weighted by Crippen LogP contribution is -2.39. The number of carbonyl (C=O) groups excluding carboxylic acids is 2. The van der Waals surface area contributed by atoms with Crippen molar-refractivity contribution >= 4 is 28.5 Å². The van der Waals surface area contributed by atoms with Crippen molar-refractivity contribution in [2.45, 2.75) is 27.7 Å². The van der Waals surface area contributed by atoms with E-state index in [1.54, 1.807) is 11.8 Å². The smallest absolute Gasteiger partial charge is 0.341 e. The third-order valence-electron chi connectivity index (χ3n) is 4.36. The van der Waals surface area contributed by atoms with E-state index < -0.39 is 5.97 Å². The van der Waals surface area contributed by atoms with Gasteiger partial charge in [-0.2, -0.15) is 0 Å². The van der Waals surface area contributed by atoms with Crippen molar-refractivity contribution in [3.63, 3.8) is 0 Å². The van der Waals surface area contributed by atoms with E-state index in [-0.39, 0.29) is 19.1 Å². The molecule has 1 heterocycles. The fraction of sp³-hybridized carbons (Fsp3) is 0.450. The van der Waals surface area contributed by atoms with Gasteiger partial charge in [0, 0.05) is 31.7 Å². The Bertz CT molecular complexity index is 800. The molecule has 0 spiro atoms. The van der Waals surface area contributed by atoms with Gasteiger partial charge < -0.3 is 14.5 Å². The predicted molar refractivity (Wildman–Crippen MR) is 104 cm³/mol. The van der Waals surface area contributed by atoms with Gasteiger partial charge in [-0.15, -0.1) is 0 Å². The topological polar surface area (TPSA) is 62.7 Å². The van der Waals surface area contributed by atoms with Crippen molar-refractivity contribution in [2.24, 2.45) is 0 Å². The zero-order valence-electron chi connectivity index (χ0n) is 16.2. The van der Waals surface area contributed by atoms with Gasteiger partial charge in [0.15, 0.2) is 0 Å². The molecule has 26 heavy (non-hydrogen) atoms. The Morgan fingerprint density at radius 1 is 1.15 bits per heavy atom. The van der Waals surface area contributed by atoms with E-state index in [0.29, 0.717) is 24.3 Å². The summed E-state index contributed by atoms with van der Waals surface area (Å²) < 4.78 is 5.19. The maximum absolute atomic E-state index is 12.6. The number of aromatic nitrogens is 1. The molecule has 0 aliphatic carbocycles. The van der Waals surface area contributed by atoms with Crippen LogP contribution in [0.5, 0.6) is 0 Å². The summed E-state index contributed by atoms with van der Waals surface area (Å²) in [5.74, 6) is -0.412. The average Bonchev–Trinajstić information content (AvgIpc) is 2.61. The minimum Gasteiger partial charge on any atom is -0.462 e. The second-order valence-corrected chi connectivity index (χ2v) is 6.18. The Hall–Kier alpha value is -2.63. The number of benzene rings is 1. The summed E-state index contributed by atoms with van der Waals surface area (Å²) in [7, 11) is 1.82. The molecule has 140 valence electrons. The summed E-state index contributed by atoms with van der Waals surface area (Å²) in [6.07, 6.45) is 1.53. The van der Waals surface area contributed by atoms with E-state index in [1.807, 2.05) is 50.9 Å². The highest BCUT2D eigenvalue weighted by Crippen LogP contribution is 2.30. The number of esters is 1. The maximum atomic E-state index is 12.6. The lowest BCUT2D eigenvalue weighted by atomic mass is 10.1. The Labute approximate surface area is 154 Å². The molecule has 1 aromatic heterocycles. The van der Waals surface area contributed by atoms with Crippen LogP contribution in [0.4, 0.5) is 5.69 Å². The van der Waals surface area contributed by atoms with Crippen LogP contribution in [-0.2, 0) is 9.53 Å². The number of carbonyl (C=O) groups is 2. The van der Waals surface area contributed by atoms with Crippen molar-refractivity contribution < 1.29 is 14.3 Å². The normalized spacial score (nSPS) is 10.7. The van der Waals surface area contributed by atoms with Crippen LogP contribution in [0.2, 0.25) is 0 Å². The zero-order chi connectivity index (χ0) is 19.3. The Balaban J connectivity index is 2.53. The quantitative estimate of drug-likeness (QED) is 0.713. The highest BCUT2D eigenvalue weighted by molar-refractivity contribution is 6.06. The van der Waals surface area contributed by atoms with Crippen LogP contribution < -0.4 is 4.90 Å². The van der Waals surface area contributed by atoms with Crippen molar-refractivity contribution in [3.8, 4) is 0 Å². The molecule has 6 nitrogen and oxygen atoms in total. The maximum Gasteiger partial charge on any atom is 0.341 e. The molecule has 0 aliphatic rings. The fourth-order valence-electron chi connectivity index (χ4n) is 3.02. The first kappa shape index (κ1) is 19.7. The Morgan fingerprint density at radius 2 is 1.85 bits per heavy atom. The van der Waals surface area contributed by atoms with Crippen LogP contribution in [0.15, 0.2) is 24.4 Å². The highest BCUT2D eigenvalue weighted by atomic mass is 16.5. The molecule has 2 rings (SSSR count). The number of pyridine rings is 1. The number of likely N-dealkylation sites (N-methyl/N-ethyl adjacent to an activating group) is 2. The third kappa shape index (κ3) is 4.12. The number of aryl methyl sites for hydroxylation is 1. The molecule has 0 fully saturated rings. The minimum atomic E-state index is -0.430. The Kier molecular flexibility index (Phi) is 6.55. The van der Waals surface area contributed by atoms with E-state index in [0.717, 1.165) is 16.5 Å². The Morgan fingerprint density at radius 3 is 2.46 bits per heavy atom. The molecule has 2 aromatic rings. The molecule has 0 saturated carbocycles. The van der Waals surface area contributed by atoms with E-state index in [4.69, 9.17) is 4.74 Å². The van der Waals surface area contributed by atoms with Crippen LogP contribution in [-0.4, -0.2) is 55.0 Å². The van der Waals surface area contributed by atoms with Gasteiger partial charge >= 0.3 is 5.97 Å². The summed E-state index contributed by atoms with van der Waals surface area (Å²) in [5, 5.41) is 0.838. The number of amides is 1. The number of hydrogen-bond acceptors (Lipinski definition) is 5. The van der Waals surface area contributed by atoms with Crippen LogP contribution in [0.3, 0.4) is 0 Å². The van der Waals surface area contributed by atoms with Crippen LogP contribution in [0.1, 0.15) is 36.7 Å². The van der Waals surface area contributed by atoms with Crippen molar-refractivity contribution in [1.82, 2.24) is 9.88 Å². The largest absolute Gasteiger partial charge is 0.462 e. The number of rotatable bonds is 7. The number of anilines is 1. The minimum absolute atomic E-state index is 0.0184. The van der Waals surface area contributed by atoms with Crippen molar-refractivity contribution in [2.75, 3.05) is 38.2 Å². The van der Waals surface area contributed by atoms with E-state index in [2.05, 4.69) is 4.98 Å². The standard InChI is InChI=1S/C20H27N3O3/c1-6-23(7-2)18(24)13-22(5)19-15-11-14(4)9-10-17(15)21-12-16(19)20(25)26-8-3/h9-12H,6-8,13H2,1-5H3. The second kappa shape index (κ2) is 8.65. The number of nitrogens with zero attached hydrogens (tertiary/aromatic N) is 3. The monoisotopic (exact) mass is 357 g/mol. The van der Waals surface area contributed by atoms with Crippen molar-refractivity contribution in [3.05, 3.63) is 35.5 Å². The van der Waals surface area contributed by atoms with Crippen LogP contribution >= 0.6 is 0 Å². The number of fused-ring (bicyclic) bond motifs is 1. The summed E-state index contributed by atoms with van der Waals surface area (Å²) in [4.78, 5) is 33.0. The lowest BCUT2D eigenvalue weighted by Gasteiger charge is -2.26. The highest BCUT2D eigenvalue weighted by Gasteiger charge is 2.22. The van der Waals surface area contributed by atoms with Crippen molar-refractivity contribution in [1.29, 1.82) is 0 Å². The summed E-state index contributed by atoms with van der Waals surface area (Å²) in [6.45, 7) is 9.44. The molecule has 0 saturated heterocycles. The average molecular weight is 357 g/mol. The zero-order valence-corrected chi connectivity index (χ0v) is 16.2. The summed E-state index contributed by atoms with van der Waals surface area (Å²) in [6, 6.07) is 5.88. The molecular formula is C20H27N3O3. The van der Waals surface area contributed by atoms with Gasteiger partial charge in [0.25, 0.3) is 0 Å². The molecule has 6 heteroatoms. The summed E-state index contributed by atoms with van der Waals surface area (Å²) >= 11 is 0. The van der Waals surface area contributed by atoms with Gasteiger partial charge in [-0.1, -0.05) is 11.6 Å². The molecule has 0 unspecified atom stereocenters. The van der Waals surface area contributed by atoms with E-state index >= 15 is 0 Å². The van der Waals surface area contributed by atoms with Gasteiger partial charge in [-0.05, 0) is 39.8 Å². The first-order valence-corrected chi connectivity index (χ1v) is 8.98. The first-order valence-electron chi connectivity index (χ1n) is 8.98. The molecule has 0 bridgehead atoms. The molecule has 0 N–H and O–H groups in total. The molecular weight excluding hydrogens is 330 g/mol. The first-order chi connectivity index (χ1) is 12.4. The molecule has 1 aromatic carbocycles. The van der Waals surface area contributed by atoms with Gasteiger partial charge in [0.1, 0.15) is 5.56 Å². The molecule has 0 aliphatic heterocycles. The van der Waals surface area contributed by atoms with Gasteiger partial charge in [0.05, 0.1) is 24.4 Å². The third-order valence-corrected chi connectivity index (χ3v) is 4.36. The van der Waals surface area contributed by atoms with Crippen LogP contribution in [0, 0.1) is 6.92 Å². The molecule has 1 amide bonds. The SMILES string of the molecule is CCOC(=O)c1cnc2ccc(C)cc2c1N(C)CC(=O)N(CC)CC. The van der Waals surface area contributed by atoms with Crippen LogP contribution in [0.25, 0.3) is 10.9 Å². The van der Waals surface area contributed by atoms with Gasteiger partial charge in [0.2, 0.25) is 5.91 Å². The number of ether oxygens (including phenoxy) is 1. The van der Waals surface area contributed by atoms with Gasteiger partial charge in [-0.3, -0.25) is 9.78 Å². The second-order valence-electron chi connectivity index (χ2n) is 6.18. The van der Waals surface area contributed by atoms with Gasteiger partial charge in [-0.25, -0.2) is 4.79 Å². The molecule has 0 radical (unpaired) electrons. The van der Waals surface area contributed by atoms with E-state index in [9.17, 15) is 9.59 Å². The van der Waals surface area contributed by atoms with E-state index in [1.165, 1.54) is 6.20 Å². The molecule has 0 atom stereocenters. The predicted octanol–water partition coefficient (Wildman–Crippen LogP) is 3.02. The fourth-order valence-corrected chi connectivity index (χ4v) is 3.02. The lowest BCUT2D eigenvalue weighted by molar-refractivity contribution is -0.129.